The quantitative estimate of drug-likeness (QED) is 0.103. The van der Waals surface area contributed by atoms with Crippen LogP contribution in [0.15, 0.2) is 175 Å². The molecule has 0 saturated heterocycles. The number of rotatable bonds is 9. The molecule has 3 heterocycles. The van der Waals surface area contributed by atoms with Crippen molar-refractivity contribution in [3.05, 3.63) is 214 Å². The predicted octanol–water partition coefficient (Wildman–Crippen LogP) is 25.3. The zero-order valence-corrected chi connectivity index (χ0v) is 60.7. The molecule has 3 aliphatic rings. The van der Waals surface area contributed by atoms with Gasteiger partial charge in [0, 0.05) is 35.0 Å². The molecule has 2 heteroatoms. The van der Waals surface area contributed by atoms with Crippen molar-refractivity contribution in [2.45, 2.75) is 225 Å². The third kappa shape index (κ3) is 10.9. The summed E-state index contributed by atoms with van der Waals surface area (Å²) in [5, 5.41) is 5.68. The first-order valence-corrected chi connectivity index (χ1v) is 35.5. The van der Waals surface area contributed by atoms with Crippen molar-refractivity contribution in [2.24, 2.45) is 0 Å². The third-order valence-electron chi connectivity index (χ3n) is 21.9. The summed E-state index contributed by atoms with van der Waals surface area (Å²) in [6.45, 7) is 52.1. The molecular formula is C90H102NS+. The summed E-state index contributed by atoms with van der Waals surface area (Å²) in [5.41, 5.74) is 29.9. The monoisotopic (exact) mass is 1230 g/mol. The van der Waals surface area contributed by atoms with Gasteiger partial charge >= 0.3 is 0 Å². The van der Waals surface area contributed by atoms with Crippen molar-refractivity contribution >= 4 is 33.4 Å². The normalized spacial score (nSPS) is 18.0. The summed E-state index contributed by atoms with van der Waals surface area (Å²) < 4.78 is 2.92. The topological polar surface area (TPSA) is 3.88 Å². The van der Waals surface area contributed by atoms with Crippen molar-refractivity contribution < 1.29 is 4.57 Å². The lowest BCUT2D eigenvalue weighted by Crippen LogP contribution is -2.55. The van der Waals surface area contributed by atoms with Gasteiger partial charge in [-0.15, -0.1) is 0 Å². The summed E-state index contributed by atoms with van der Waals surface area (Å²) in [6, 6.07) is 68.8. The van der Waals surface area contributed by atoms with Crippen LogP contribution in [0, 0.1) is 0 Å². The number of aromatic nitrogens is 1. The number of hydrogen-bond acceptors (Lipinski definition) is 1. The summed E-state index contributed by atoms with van der Waals surface area (Å²) >= 11 is 2.10. The second-order valence-electron chi connectivity index (χ2n) is 35.1. The number of pyridine rings is 1. The summed E-state index contributed by atoms with van der Waals surface area (Å²) in [7, 11) is 0. The Morgan fingerprint density at radius 3 is 1.07 bits per heavy atom. The van der Waals surface area contributed by atoms with Gasteiger partial charge in [-0.1, -0.05) is 267 Å². The van der Waals surface area contributed by atoms with E-state index in [0.717, 1.165) is 18.6 Å². The maximum Gasteiger partial charge on any atom is 0.244 e. The smallest absolute Gasteiger partial charge is 0.179 e. The predicted molar refractivity (Wildman–Crippen MR) is 401 cm³/mol. The number of fused-ring (bicyclic) bond motifs is 5. The SMILES string of the molecule is CCC12CC1(CC)[n+]1c3c(cc4ccc5c(-c6cc(-c7cc(-c8ccc(C(C)(C)C)cc8)cc(-c8ccc(C(C)(C)C)cc8)c7)cc(-c7cc(-c8cc(C(C)(C)C)cc(C(C)(C)C)c8)cc(-c8cc(C(C)(C)C)cc(C(C)(C)C)c8)c7)c6)ccc2c5c41)C(C)(C)CS3. The number of thioether (sulfide) groups is 1. The molecule has 1 nitrogen and oxygen atoms in total. The van der Waals surface area contributed by atoms with E-state index in [1.807, 2.05) is 0 Å². The lowest BCUT2D eigenvalue weighted by molar-refractivity contribution is -0.754. The molecule has 472 valence electrons. The van der Waals surface area contributed by atoms with E-state index in [4.69, 9.17) is 0 Å². The van der Waals surface area contributed by atoms with Crippen molar-refractivity contribution in [3.63, 3.8) is 0 Å². The molecule has 1 saturated carbocycles. The molecule has 1 aliphatic carbocycles. The van der Waals surface area contributed by atoms with E-state index >= 15 is 0 Å². The highest BCUT2D eigenvalue weighted by Gasteiger charge is 2.77. The molecule has 10 aromatic rings. The first-order valence-electron chi connectivity index (χ1n) is 34.5. The Kier molecular flexibility index (Phi) is 14.9. The van der Waals surface area contributed by atoms with Gasteiger partial charge < -0.3 is 0 Å². The maximum absolute atomic E-state index is 2.92. The minimum atomic E-state index is -0.0494. The van der Waals surface area contributed by atoms with E-state index in [2.05, 4.69) is 339 Å². The van der Waals surface area contributed by atoms with E-state index < -0.39 is 0 Å². The van der Waals surface area contributed by atoms with Gasteiger partial charge in [0.15, 0.2) is 5.54 Å². The van der Waals surface area contributed by atoms with Gasteiger partial charge in [0.1, 0.15) is 0 Å². The summed E-state index contributed by atoms with van der Waals surface area (Å²) in [6.07, 6.45) is 3.44. The van der Waals surface area contributed by atoms with E-state index in [1.165, 1.54) is 150 Å². The minimum absolute atomic E-state index is 0.0429. The van der Waals surface area contributed by atoms with Crippen LogP contribution in [0.1, 0.15) is 216 Å². The van der Waals surface area contributed by atoms with Crippen LogP contribution in [-0.4, -0.2) is 5.75 Å². The van der Waals surface area contributed by atoms with Crippen molar-refractivity contribution in [3.8, 4) is 77.9 Å². The number of hydrogen-bond donors (Lipinski definition) is 0. The first-order chi connectivity index (χ1) is 42.9. The van der Waals surface area contributed by atoms with Gasteiger partial charge in [0.05, 0.1) is 10.8 Å². The Bertz CT molecular complexity index is 4380. The Labute approximate surface area is 558 Å². The lowest BCUT2D eigenvalue weighted by Gasteiger charge is -2.30. The van der Waals surface area contributed by atoms with Crippen molar-refractivity contribution in [2.75, 3.05) is 5.75 Å². The molecule has 0 amide bonds. The van der Waals surface area contributed by atoms with Crippen LogP contribution in [0.2, 0.25) is 0 Å². The lowest BCUT2D eigenvalue weighted by atomic mass is 9.77. The molecule has 0 bridgehead atoms. The molecule has 0 spiro atoms. The van der Waals surface area contributed by atoms with Crippen LogP contribution in [0.3, 0.4) is 0 Å². The van der Waals surface area contributed by atoms with E-state index in [1.54, 1.807) is 5.56 Å². The average Bonchev–Trinajstić information content (AvgIpc) is 1.47. The Morgan fingerprint density at radius 2 is 0.707 bits per heavy atom. The molecule has 1 fully saturated rings. The fourth-order valence-electron chi connectivity index (χ4n) is 15.6. The largest absolute Gasteiger partial charge is 0.244 e. The van der Waals surface area contributed by atoms with Crippen LogP contribution < -0.4 is 4.57 Å². The highest BCUT2D eigenvalue weighted by Crippen LogP contribution is 2.69. The first kappa shape index (κ1) is 63.7. The second kappa shape index (κ2) is 21.5. The van der Waals surface area contributed by atoms with Crippen molar-refractivity contribution in [1.29, 1.82) is 0 Å². The molecule has 2 atom stereocenters. The molecule has 0 radical (unpaired) electrons. The van der Waals surface area contributed by atoms with E-state index in [9.17, 15) is 0 Å². The fraction of sp³-hybridized carbons (Fsp3) is 0.389. The number of benzene rings is 9. The molecule has 1 aromatic heterocycles. The van der Waals surface area contributed by atoms with Crippen LogP contribution >= 0.6 is 11.8 Å². The highest BCUT2D eigenvalue weighted by atomic mass is 32.2. The van der Waals surface area contributed by atoms with Gasteiger partial charge in [0.2, 0.25) is 10.5 Å². The van der Waals surface area contributed by atoms with Gasteiger partial charge in [-0.3, -0.25) is 0 Å². The summed E-state index contributed by atoms with van der Waals surface area (Å²) in [4.78, 5) is 0. The Hall–Kier alpha value is -7.00. The zero-order valence-electron chi connectivity index (χ0n) is 59.8. The van der Waals surface area contributed by atoms with Gasteiger partial charge in [-0.25, -0.2) is 0 Å². The van der Waals surface area contributed by atoms with E-state index in [0.29, 0.717) is 0 Å². The van der Waals surface area contributed by atoms with E-state index in [-0.39, 0.29) is 48.9 Å². The van der Waals surface area contributed by atoms with Gasteiger partial charge in [-0.05, 0) is 228 Å². The van der Waals surface area contributed by atoms with Gasteiger partial charge in [-0.2, -0.15) is 4.57 Å². The Morgan fingerprint density at radius 1 is 0.348 bits per heavy atom. The van der Waals surface area contributed by atoms with Crippen molar-refractivity contribution in [1.82, 2.24) is 0 Å². The number of nitrogens with zero attached hydrogens (tertiary/aromatic N) is 1. The van der Waals surface area contributed by atoms with Crippen LogP contribution in [-0.2, 0) is 48.9 Å². The van der Waals surface area contributed by atoms with Crippen LogP contribution in [0.4, 0.5) is 0 Å². The molecule has 92 heavy (non-hydrogen) atoms. The highest BCUT2D eigenvalue weighted by molar-refractivity contribution is 7.99. The molecule has 9 aromatic carbocycles. The molecule has 13 rings (SSSR count). The maximum atomic E-state index is 2.92. The molecular weight excluding hydrogens is 1130 g/mol. The Balaban J connectivity index is 1.13. The van der Waals surface area contributed by atoms with Crippen LogP contribution in [0.5, 0.6) is 0 Å². The zero-order chi connectivity index (χ0) is 66.0. The third-order valence-corrected chi connectivity index (χ3v) is 23.4. The second-order valence-corrected chi connectivity index (χ2v) is 36.1. The minimum Gasteiger partial charge on any atom is -0.179 e. The molecule has 0 N–H and O–H groups in total. The molecule has 2 unspecified atom stereocenters. The van der Waals surface area contributed by atoms with Gasteiger partial charge in [0.25, 0.3) is 0 Å². The standard InChI is InChI=1S/C90H102NS/c1-23-89-53-90(89,24-2)91-80-57(50-78-81(91)92-54-88(78,21)22)29-34-76-75(35-36-77(89)79(76)80)68-44-64(60-38-58(55-25-30-69(31-26-55)82(3,4)5)37-59(39-60)56-27-32-70(33-28-56)83(6,7)8)43-65(45-68)61-40-62(66-46-71(84(9,10)11)51-72(47-66)85(12,13)14)42-63(41-61)67-48-73(86(15,16)17)52-74(49-67)87(18,19)20/h25-52H,23-24,53-54H2,1-22H3/q+1. The fourth-order valence-corrected chi connectivity index (χ4v) is 17.2. The summed E-state index contributed by atoms with van der Waals surface area (Å²) in [5.74, 6) is 1.11. The van der Waals surface area contributed by atoms with Crippen LogP contribution in [0.25, 0.3) is 99.6 Å². The molecule has 2 aliphatic heterocycles. The average molecular weight is 1230 g/mol.